The first-order valence-corrected chi connectivity index (χ1v) is 12.4. The summed E-state index contributed by atoms with van der Waals surface area (Å²) in [5.74, 6) is -1.88. The molecule has 3 aromatic rings. The highest BCUT2D eigenvalue weighted by molar-refractivity contribution is 7.13. The molecule has 0 aliphatic carbocycles. The zero-order chi connectivity index (χ0) is 26.1. The molecular formula is C25H29F2N5O3S. The lowest BCUT2D eigenvalue weighted by Crippen LogP contribution is -2.19. The van der Waals surface area contributed by atoms with E-state index in [4.69, 9.17) is 15.2 Å². The van der Waals surface area contributed by atoms with Gasteiger partial charge in [0.2, 0.25) is 0 Å². The van der Waals surface area contributed by atoms with Gasteiger partial charge in [0.15, 0.2) is 11.6 Å². The van der Waals surface area contributed by atoms with Crippen molar-refractivity contribution < 1.29 is 23.0 Å². The molecule has 11 heteroatoms. The van der Waals surface area contributed by atoms with Crippen LogP contribution in [0.3, 0.4) is 0 Å². The van der Waals surface area contributed by atoms with Crippen LogP contribution in [0.5, 0.6) is 5.75 Å². The van der Waals surface area contributed by atoms with Crippen molar-refractivity contribution in [1.29, 1.82) is 0 Å². The molecule has 192 valence electrons. The van der Waals surface area contributed by atoms with E-state index < -0.39 is 17.5 Å². The highest BCUT2D eigenvalue weighted by Gasteiger charge is 2.25. The molecule has 2 aliphatic heterocycles. The topological polar surface area (TPSA) is 104 Å². The number of nitrogens with zero attached hydrogens (tertiary/aromatic N) is 3. The Morgan fingerprint density at radius 1 is 1.25 bits per heavy atom. The van der Waals surface area contributed by atoms with Crippen LogP contribution in [0.4, 0.5) is 14.5 Å². The van der Waals surface area contributed by atoms with Crippen molar-refractivity contribution in [3.05, 3.63) is 46.7 Å². The number of aryl methyl sites for hydroxylation is 2. The molecule has 36 heavy (non-hydrogen) atoms. The van der Waals surface area contributed by atoms with Crippen LogP contribution in [-0.4, -0.2) is 46.5 Å². The zero-order valence-electron chi connectivity index (χ0n) is 20.0. The van der Waals surface area contributed by atoms with Gasteiger partial charge in [-0.05, 0) is 38.2 Å². The number of hydrogen-bond acceptors (Lipinski definition) is 7. The molecule has 2 aromatic heterocycles. The highest BCUT2D eigenvalue weighted by atomic mass is 32.1. The third-order valence-electron chi connectivity index (χ3n) is 5.50. The number of amides is 1. The molecule has 5 rings (SSSR count). The van der Waals surface area contributed by atoms with Gasteiger partial charge in [-0.25, -0.2) is 13.8 Å². The number of carbonyl (C=O) groups is 1. The number of benzene rings is 1. The standard InChI is InChI=1S/C17H14F2N4O2S.C6H13NO.C2H2/c1-23-7-10(6-20-23)21-16(24)12-8-26-17(22-12)13-11(18)5-9-3-2-4-25-15(9)14(13)19;7-6-2-1-4-8-5-3-6;1-2/h5-8H,2-4H2,1H3,(H,21,24);6H,1-5,7H2;1-2H/t;6-;/m.1./s1. The molecule has 1 aromatic carbocycles. The first-order chi connectivity index (χ1) is 17.4. The van der Waals surface area contributed by atoms with Crippen LogP contribution < -0.4 is 15.8 Å². The van der Waals surface area contributed by atoms with E-state index in [1.54, 1.807) is 17.9 Å². The van der Waals surface area contributed by atoms with Gasteiger partial charge >= 0.3 is 0 Å². The number of nitrogens with one attached hydrogen (secondary N) is 1. The van der Waals surface area contributed by atoms with Crippen LogP contribution in [0.2, 0.25) is 0 Å². The number of fused-ring (bicyclic) bond motifs is 1. The number of halogens is 2. The van der Waals surface area contributed by atoms with Crippen molar-refractivity contribution in [2.75, 3.05) is 25.1 Å². The maximum absolute atomic E-state index is 14.8. The lowest BCUT2D eigenvalue weighted by atomic mass is 10.0. The lowest BCUT2D eigenvalue weighted by molar-refractivity contribution is 0.102. The fourth-order valence-electron chi connectivity index (χ4n) is 3.73. The zero-order valence-corrected chi connectivity index (χ0v) is 20.8. The summed E-state index contributed by atoms with van der Waals surface area (Å²) in [6, 6.07) is 1.68. The van der Waals surface area contributed by atoms with Crippen molar-refractivity contribution in [1.82, 2.24) is 14.8 Å². The molecule has 1 fully saturated rings. The Labute approximate surface area is 212 Å². The highest BCUT2D eigenvalue weighted by Crippen LogP contribution is 2.38. The first-order valence-electron chi connectivity index (χ1n) is 11.5. The van der Waals surface area contributed by atoms with Crippen molar-refractivity contribution in [3.8, 4) is 29.2 Å². The Morgan fingerprint density at radius 2 is 2.06 bits per heavy atom. The summed E-state index contributed by atoms with van der Waals surface area (Å²) in [7, 11) is 1.72. The van der Waals surface area contributed by atoms with Crippen molar-refractivity contribution in [2.24, 2.45) is 12.8 Å². The van der Waals surface area contributed by atoms with Gasteiger partial charge in [0, 0.05) is 43.4 Å². The average Bonchev–Trinajstić information content (AvgIpc) is 3.45. The van der Waals surface area contributed by atoms with E-state index in [2.05, 4.69) is 28.2 Å². The molecule has 0 radical (unpaired) electrons. The Bertz CT molecular complexity index is 1190. The summed E-state index contributed by atoms with van der Waals surface area (Å²) < 4.78 is 41.3. The van der Waals surface area contributed by atoms with Crippen molar-refractivity contribution >= 4 is 22.9 Å². The summed E-state index contributed by atoms with van der Waals surface area (Å²) >= 11 is 0.997. The van der Waals surface area contributed by atoms with Crippen LogP contribution in [-0.2, 0) is 18.2 Å². The minimum Gasteiger partial charge on any atom is -0.490 e. The lowest BCUT2D eigenvalue weighted by Gasteiger charge is -2.19. The summed E-state index contributed by atoms with van der Waals surface area (Å²) in [6.07, 6.45) is 15.7. The smallest absolute Gasteiger partial charge is 0.275 e. The van der Waals surface area contributed by atoms with Crippen molar-refractivity contribution in [2.45, 2.75) is 38.1 Å². The molecule has 0 bridgehead atoms. The fourth-order valence-corrected chi connectivity index (χ4v) is 4.57. The number of thiazole rings is 1. The van der Waals surface area contributed by atoms with Gasteiger partial charge < -0.3 is 20.5 Å². The normalized spacial score (nSPS) is 16.7. The number of ether oxygens (including phenoxy) is 2. The number of anilines is 1. The van der Waals surface area contributed by atoms with E-state index in [9.17, 15) is 13.6 Å². The molecule has 0 unspecified atom stereocenters. The molecule has 0 saturated carbocycles. The minimum absolute atomic E-state index is 0.0733. The monoisotopic (exact) mass is 517 g/mol. The largest absolute Gasteiger partial charge is 0.490 e. The number of aromatic nitrogens is 3. The third-order valence-corrected chi connectivity index (χ3v) is 6.36. The van der Waals surface area contributed by atoms with E-state index in [1.165, 1.54) is 17.6 Å². The molecule has 1 amide bonds. The molecular weight excluding hydrogens is 488 g/mol. The van der Waals surface area contributed by atoms with E-state index in [0.29, 0.717) is 30.3 Å². The summed E-state index contributed by atoms with van der Waals surface area (Å²) in [5, 5.41) is 8.13. The third kappa shape index (κ3) is 6.87. The van der Waals surface area contributed by atoms with Gasteiger partial charge in [-0.2, -0.15) is 5.10 Å². The minimum atomic E-state index is -0.770. The number of terminal acetylenes is 1. The van der Waals surface area contributed by atoms with Gasteiger partial charge in [-0.15, -0.1) is 24.2 Å². The van der Waals surface area contributed by atoms with Crippen LogP contribution >= 0.6 is 11.3 Å². The molecule has 3 N–H and O–H groups in total. The molecule has 2 aliphatic rings. The molecule has 4 heterocycles. The Kier molecular flexibility index (Phi) is 9.93. The second-order valence-electron chi connectivity index (χ2n) is 8.19. The van der Waals surface area contributed by atoms with Crippen LogP contribution in [0.15, 0.2) is 23.8 Å². The Hall–Kier alpha value is -3.33. The first kappa shape index (κ1) is 27.3. The Morgan fingerprint density at radius 3 is 2.81 bits per heavy atom. The summed E-state index contributed by atoms with van der Waals surface area (Å²) in [5.41, 5.74) is 6.48. The SMILES string of the molecule is C#C.Cn1cc(NC(=O)c2csc(-c3c(F)cc4c(c3F)OCCC4)n2)cn1.N[C@@H]1CCCOCC1. The number of rotatable bonds is 3. The predicted octanol–water partition coefficient (Wildman–Crippen LogP) is 4.16. The van der Waals surface area contributed by atoms with Gasteiger partial charge in [0.1, 0.15) is 16.5 Å². The van der Waals surface area contributed by atoms with Crippen LogP contribution in [0, 0.1) is 24.5 Å². The predicted molar refractivity (Wildman–Crippen MR) is 135 cm³/mol. The molecule has 1 saturated heterocycles. The van der Waals surface area contributed by atoms with Crippen molar-refractivity contribution in [3.63, 3.8) is 0 Å². The molecule has 8 nitrogen and oxygen atoms in total. The van der Waals surface area contributed by atoms with Gasteiger partial charge in [-0.1, -0.05) is 0 Å². The van der Waals surface area contributed by atoms with Crippen LogP contribution in [0.1, 0.15) is 41.7 Å². The van der Waals surface area contributed by atoms with Gasteiger partial charge in [0.25, 0.3) is 5.91 Å². The van der Waals surface area contributed by atoms with E-state index >= 15 is 0 Å². The van der Waals surface area contributed by atoms with Gasteiger partial charge in [0.05, 0.1) is 24.1 Å². The summed E-state index contributed by atoms with van der Waals surface area (Å²) in [6.45, 7) is 2.17. The number of nitrogens with two attached hydrogens (primary N) is 1. The second-order valence-corrected chi connectivity index (χ2v) is 9.04. The Balaban J connectivity index is 0.000000305. The molecule has 0 spiro atoms. The quantitative estimate of drug-likeness (QED) is 0.506. The van der Waals surface area contributed by atoms with Crippen LogP contribution in [0.25, 0.3) is 10.6 Å². The second kappa shape index (κ2) is 13.1. The average molecular weight is 518 g/mol. The number of carbonyl (C=O) groups excluding carboxylic acids is 1. The van der Waals surface area contributed by atoms with Gasteiger partial charge in [-0.3, -0.25) is 9.48 Å². The van der Waals surface area contributed by atoms with E-state index in [0.717, 1.165) is 50.2 Å². The summed E-state index contributed by atoms with van der Waals surface area (Å²) in [4.78, 5) is 16.4. The van der Waals surface area contributed by atoms with E-state index in [1.807, 2.05) is 0 Å². The molecule has 1 atom stereocenters. The fraction of sp³-hybridized carbons (Fsp3) is 0.400. The maximum atomic E-state index is 14.8. The number of hydrogen-bond donors (Lipinski definition) is 2. The maximum Gasteiger partial charge on any atom is 0.275 e. The van der Waals surface area contributed by atoms with E-state index in [-0.39, 0.29) is 22.0 Å².